The Balaban J connectivity index is 0. The highest BCUT2D eigenvalue weighted by Crippen LogP contribution is 2.09. The average molecular weight is 146 g/mol. The van der Waals surface area contributed by atoms with E-state index in [0.29, 0.717) is 0 Å². The first-order valence-electron chi connectivity index (χ1n) is 4.47. The van der Waals surface area contributed by atoms with Crippen molar-refractivity contribution in [3.05, 3.63) is 0 Å². The quantitative estimate of drug-likeness (QED) is 0.510. The molecule has 1 aliphatic rings. The molecule has 1 saturated heterocycles. The van der Waals surface area contributed by atoms with E-state index in [0.717, 1.165) is 19.1 Å². The Kier molecular flexibility index (Phi) is 14.8. The molecule has 1 rings (SSSR count). The molecule has 0 N–H and O–H groups in total. The number of ether oxygens (including phenoxy) is 1. The molecular formula is C9H22O. The van der Waals surface area contributed by atoms with Crippen LogP contribution in [0, 0.1) is 5.92 Å². The van der Waals surface area contributed by atoms with Gasteiger partial charge in [-0.25, -0.2) is 0 Å². The standard InChI is InChI=1S/C5H10O.2C2H6/c1-5-2-3-6-4-5;2*1-2/h5H,2-4H2,1H3;2*1-2H3/t5-;;/m1../s1. The smallest absolute Gasteiger partial charge is 0.0492 e. The maximum atomic E-state index is 5.06. The lowest BCUT2D eigenvalue weighted by Crippen LogP contribution is -1.88. The van der Waals surface area contributed by atoms with Crippen LogP contribution in [0.1, 0.15) is 41.0 Å². The minimum absolute atomic E-state index is 0.824. The van der Waals surface area contributed by atoms with Gasteiger partial charge >= 0.3 is 0 Å². The summed E-state index contributed by atoms with van der Waals surface area (Å²) < 4.78 is 5.06. The van der Waals surface area contributed by atoms with E-state index in [2.05, 4.69) is 6.92 Å². The molecule has 0 aromatic rings. The van der Waals surface area contributed by atoms with E-state index in [1.54, 1.807) is 0 Å². The molecule has 0 spiro atoms. The van der Waals surface area contributed by atoms with Gasteiger partial charge in [-0.3, -0.25) is 0 Å². The van der Waals surface area contributed by atoms with Crippen molar-refractivity contribution in [3.8, 4) is 0 Å². The van der Waals surface area contributed by atoms with E-state index in [1.165, 1.54) is 6.42 Å². The van der Waals surface area contributed by atoms with Crippen molar-refractivity contribution in [2.45, 2.75) is 41.0 Å². The molecule has 0 radical (unpaired) electrons. The van der Waals surface area contributed by atoms with Crippen molar-refractivity contribution >= 4 is 0 Å². The zero-order chi connectivity index (χ0) is 8.41. The molecule has 0 aromatic heterocycles. The molecule has 0 unspecified atom stereocenters. The summed E-state index contributed by atoms with van der Waals surface area (Å²) in [5, 5.41) is 0. The first-order valence-corrected chi connectivity index (χ1v) is 4.47. The van der Waals surface area contributed by atoms with Crippen molar-refractivity contribution in [3.63, 3.8) is 0 Å². The summed E-state index contributed by atoms with van der Waals surface area (Å²) >= 11 is 0. The summed E-state index contributed by atoms with van der Waals surface area (Å²) in [6.45, 7) is 12.2. The third kappa shape index (κ3) is 7.96. The van der Waals surface area contributed by atoms with Crippen LogP contribution in [0.15, 0.2) is 0 Å². The second-order valence-electron chi connectivity index (χ2n) is 1.97. The van der Waals surface area contributed by atoms with Gasteiger partial charge in [0.15, 0.2) is 0 Å². The minimum Gasteiger partial charge on any atom is -0.381 e. The fourth-order valence-electron chi connectivity index (χ4n) is 0.652. The molecule has 0 aliphatic carbocycles. The molecule has 1 aliphatic heterocycles. The highest BCUT2D eigenvalue weighted by molar-refractivity contribution is 4.55. The third-order valence-electron chi connectivity index (χ3n) is 1.16. The molecule has 0 amide bonds. The molecule has 0 saturated carbocycles. The van der Waals surface area contributed by atoms with Gasteiger partial charge in [-0.15, -0.1) is 0 Å². The van der Waals surface area contributed by atoms with Crippen LogP contribution in [-0.2, 0) is 4.74 Å². The van der Waals surface area contributed by atoms with Crippen LogP contribution in [0.25, 0.3) is 0 Å². The van der Waals surface area contributed by atoms with E-state index >= 15 is 0 Å². The summed E-state index contributed by atoms with van der Waals surface area (Å²) in [5.74, 6) is 0.824. The van der Waals surface area contributed by atoms with Crippen LogP contribution in [0.4, 0.5) is 0 Å². The molecule has 0 bridgehead atoms. The van der Waals surface area contributed by atoms with Crippen LogP contribution in [0.2, 0.25) is 0 Å². The fraction of sp³-hybridized carbons (Fsp3) is 1.00. The van der Waals surface area contributed by atoms with E-state index in [1.807, 2.05) is 27.7 Å². The Morgan fingerprint density at radius 1 is 1.10 bits per heavy atom. The third-order valence-corrected chi connectivity index (χ3v) is 1.16. The Morgan fingerprint density at radius 3 is 1.70 bits per heavy atom. The SMILES string of the molecule is CC.CC.C[C@@H]1CCOC1. The Labute approximate surface area is 65.8 Å². The second-order valence-corrected chi connectivity index (χ2v) is 1.97. The van der Waals surface area contributed by atoms with Gasteiger partial charge in [-0.05, 0) is 12.3 Å². The highest BCUT2D eigenvalue weighted by Gasteiger charge is 2.07. The Bertz CT molecular complexity index is 38.0. The zero-order valence-corrected chi connectivity index (χ0v) is 8.11. The first kappa shape index (κ1) is 12.6. The fourth-order valence-corrected chi connectivity index (χ4v) is 0.652. The number of hydrogen-bond donors (Lipinski definition) is 0. The monoisotopic (exact) mass is 146 g/mol. The van der Waals surface area contributed by atoms with Gasteiger partial charge in [0.05, 0.1) is 0 Å². The molecular weight excluding hydrogens is 124 g/mol. The molecule has 1 fully saturated rings. The van der Waals surface area contributed by atoms with Crippen molar-refractivity contribution in [2.75, 3.05) is 13.2 Å². The summed E-state index contributed by atoms with van der Waals surface area (Å²) in [7, 11) is 0. The Hall–Kier alpha value is -0.0400. The molecule has 1 nitrogen and oxygen atoms in total. The van der Waals surface area contributed by atoms with E-state index < -0.39 is 0 Å². The zero-order valence-electron chi connectivity index (χ0n) is 8.11. The number of hydrogen-bond acceptors (Lipinski definition) is 1. The van der Waals surface area contributed by atoms with E-state index in [-0.39, 0.29) is 0 Å². The lowest BCUT2D eigenvalue weighted by Gasteiger charge is -1.89. The first-order chi connectivity index (χ1) is 4.89. The summed E-state index contributed by atoms with van der Waals surface area (Å²) in [6.07, 6.45) is 1.26. The van der Waals surface area contributed by atoms with E-state index in [4.69, 9.17) is 4.74 Å². The van der Waals surface area contributed by atoms with Crippen LogP contribution >= 0.6 is 0 Å². The second kappa shape index (κ2) is 11.7. The van der Waals surface area contributed by atoms with Crippen molar-refractivity contribution in [1.82, 2.24) is 0 Å². The summed E-state index contributed by atoms with van der Waals surface area (Å²) in [5.41, 5.74) is 0. The van der Waals surface area contributed by atoms with Gasteiger partial charge in [-0.1, -0.05) is 34.6 Å². The summed E-state index contributed by atoms with van der Waals surface area (Å²) in [4.78, 5) is 0. The molecule has 64 valence electrons. The number of rotatable bonds is 0. The van der Waals surface area contributed by atoms with Crippen LogP contribution in [-0.4, -0.2) is 13.2 Å². The predicted octanol–water partition coefficient (Wildman–Crippen LogP) is 3.10. The maximum absolute atomic E-state index is 5.06. The van der Waals surface area contributed by atoms with Gasteiger partial charge < -0.3 is 4.74 Å². The Morgan fingerprint density at radius 2 is 1.60 bits per heavy atom. The molecule has 0 aromatic carbocycles. The van der Waals surface area contributed by atoms with E-state index in [9.17, 15) is 0 Å². The lowest BCUT2D eigenvalue weighted by atomic mass is 10.2. The molecule has 1 atom stereocenters. The van der Waals surface area contributed by atoms with Gasteiger partial charge in [-0.2, -0.15) is 0 Å². The van der Waals surface area contributed by atoms with Gasteiger partial charge in [0.2, 0.25) is 0 Å². The topological polar surface area (TPSA) is 9.23 Å². The molecule has 1 heterocycles. The summed E-state index contributed by atoms with van der Waals surface area (Å²) in [6, 6.07) is 0. The minimum atomic E-state index is 0.824. The molecule has 1 heteroatoms. The normalized spacial score (nSPS) is 21.9. The maximum Gasteiger partial charge on any atom is 0.0492 e. The lowest BCUT2D eigenvalue weighted by molar-refractivity contribution is 0.188. The average Bonchev–Trinajstić information content (AvgIpc) is 2.48. The van der Waals surface area contributed by atoms with Crippen molar-refractivity contribution in [1.29, 1.82) is 0 Å². The van der Waals surface area contributed by atoms with Gasteiger partial charge in [0.25, 0.3) is 0 Å². The van der Waals surface area contributed by atoms with Crippen LogP contribution in [0.5, 0.6) is 0 Å². The van der Waals surface area contributed by atoms with Crippen molar-refractivity contribution in [2.24, 2.45) is 5.92 Å². The highest BCUT2D eigenvalue weighted by atomic mass is 16.5. The largest absolute Gasteiger partial charge is 0.381 e. The predicted molar refractivity (Wildman–Crippen MR) is 47.3 cm³/mol. The van der Waals surface area contributed by atoms with Gasteiger partial charge in [0, 0.05) is 13.2 Å². The molecule has 10 heavy (non-hydrogen) atoms. The van der Waals surface area contributed by atoms with Crippen LogP contribution < -0.4 is 0 Å². The van der Waals surface area contributed by atoms with Gasteiger partial charge in [0.1, 0.15) is 0 Å². The van der Waals surface area contributed by atoms with Crippen molar-refractivity contribution < 1.29 is 4.74 Å². The van der Waals surface area contributed by atoms with Crippen LogP contribution in [0.3, 0.4) is 0 Å².